The number of benzene rings is 1. The Morgan fingerprint density at radius 3 is 2.88 bits per heavy atom. The summed E-state index contributed by atoms with van der Waals surface area (Å²) < 4.78 is 19.9. The van der Waals surface area contributed by atoms with Gasteiger partial charge in [-0.3, -0.25) is 14.8 Å². The molecule has 2 atom stereocenters. The fourth-order valence-electron chi connectivity index (χ4n) is 4.74. The van der Waals surface area contributed by atoms with Crippen LogP contribution in [0.15, 0.2) is 22.3 Å². The van der Waals surface area contributed by atoms with Crippen LogP contribution in [-0.2, 0) is 19.2 Å². The first-order chi connectivity index (χ1) is 15.9. The molecule has 2 heterocycles. The van der Waals surface area contributed by atoms with Crippen LogP contribution >= 0.6 is 23.4 Å². The Balaban J connectivity index is 1.71. The normalized spacial score (nSPS) is 25.3. The van der Waals surface area contributed by atoms with E-state index >= 15 is 0 Å². The number of fused-ring (bicyclic) bond motifs is 1. The molecule has 0 N–H and O–H groups in total. The van der Waals surface area contributed by atoms with Gasteiger partial charge < -0.3 is 9.57 Å². The number of aliphatic imine (C=N–C) groups is 1. The van der Waals surface area contributed by atoms with Gasteiger partial charge in [0.15, 0.2) is 5.17 Å². The summed E-state index contributed by atoms with van der Waals surface area (Å²) in [5, 5.41) is 8.21. The Morgan fingerprint density at radius 1 is 1.36 bits per heavy atom. The summed E-state index contributed by atoms with van der Waals surface area (Å²) in [6.45, 7) is 1.20. The third-order valence-corrected chi connectivity index (χ3v) is 7.37. The van der Waals surface area contributed by atoms with Crippen LogP contribution in [0.1, 0.15) is 44.1 Å². The molecule has 1 saturated heterocycles. The van der Waals surface area contributed by atoms with Crippen molar-refractivity contribution in [2.45, 2.75) is 44.1 Å². The number of hydrogen-bond acceptors (Lipinski definition) is 7. The van der Waals surface area contributed by atoms with Crippen molar-refractivity contribution in [3.63, 3.8) is 0 Å². The average molecular weight is 497 g/mol. The van der Waals surface area contributed by atoms with Crippen LogP contribution in [0.5, 0.6) is 0 Å². The van der Waals surface area contributed by atoms with Crippen LogP contribution in [0.2, 0.25) is 5.02 Å². The van der Waals surface area contributed by atoms with Crippen LogP contribution in [0.25, 0.3) is 0 Å². The minimum absolute atomic E-state index is 0.0742. The van der Waals surface area contributed by atoms with Crippen molar-refractivity contribution in [1.82, 2.24) is 10.0 Å². The van der Waals surface area contributed by atoms with Crippen molar-refractivity contribution >= 4 is 52.3 Å². The highest BCUT2D eigenvalue weighted by Crippen LogP contribution is 2.47. The Bertz CT molecular complexity index is 1010. The van der Waals surface area contributed by atoms with Gasteiger partial charge in [0, 0.05) is 25.1 Å². The topological polar surface area (TPSA) is 83.8 Å². The highest BCUT2D eigenvalue weighted by atomic mass is 35.5. The first kappa shape index (κ1) is 23.8. The summed E-state index contributed by atoms with van der Waals surface area (Å²) in [6.07, 6.45) is 7.37. The van der Waals surface area contributed by atoms with Gasteiger partial charge in [-0.05, 0) is 50.5 Å². The lowest BCUT2D eigenvalue weighted by atomic mass is 9.84. The van der Waals surface area contributed by atoms with Crippen molar-refractivity contribution in [3.8, 4) is 0 Å². The number of esters is 1. The number of methoxy groups -OCH3 is 1. The summed E-state index contributed by atoms with van der Waals surface area (Å²) in [4.78, 5) is 34.3. The van der Waals surface area contributed by atoms with E-state index in [9.17, 15) is 14.0 Å². The summed E-state index contributed by atoms with van der Waals surface area (Å²) in [6, 6.07) is 2.73. The molecule has 0 radical (unpaired) electrons. The monoisotopic (exact) mass is 496 g/mol. The number of amides is 1. The van der Waals surface area contributed by atoms with E-state index in [2.05, 4.69) is 10.1 Å². The number of oxime groups is 1. The van der Waals surface area contributed by atoms with Gasteiger partial charge in [0.25, 0.3) is 0 Å². The third kappa shape index (κ3) is 4.30. The summed E-state index contributed by atoms with van der Waals surface area (Å²) in [5.41, 5.74) is -0.121. The van der Waals surface area contributed by atoms with Gasteiger partial charge in [0.2, 0.25) is 12.0 Å². The smallest absolute Gasteiger partial charge is 0.353 e. The number of carbonyl (C=O) groups excluding carboxylic acids is 2. The van der Waals surface area contributed by atoms with E-state index in [1.807, 2.05) is 6.26 Å². The van der Waals surface area contributed by atoms with E-state index in [-0.39, 0.29) is 16.6 Å². The second-order valence-electron chi connectivity index (χ2n) is 8.23. The zero-order chi connectivity index (χ0) is 23.6. The number of halogens is 2. The van der Waals surface area contributed by atoms with Crippen LogP contribution in [0, 0.1) is 11.7 Å². The SMILES string of the molecule is COC(=O)C12CCCC1C(c1cc(/N=C(\SC)N3CCCCCN3C=O)c(F)cc1Cl)=NO2. The molecule has 33 heavy (non-hydrogen) atoms. The second kappa shape index (κ2) is 9.89. The Labute approximate surface area is 201 Å². The first-order valence-electron chi connectivity index (χ1n) is 10.9. The molecule has 11 heteroatoms. The zero-order valence-corrected chi connectivity index (χ0v) is 20.1. The molecule has 3 aliphatic rings. The van der Waals surface area contributed by atoms with Crippen molar-refractivity contribution in [2.24, 2.45) is 16.1 Å². The minimum atomic E-state index is -1.16. The molecule has 1 aromatic carbocycles. The Morgan fingerprint density at radius 2 is 2.15 bits per heavy atom. The van der Waals surface area contributed by atoms with E-state index in [4.69, 9.17) is 21.2 Å². The maximum atomic E-state index is 14.9. The number of ether oxygens (including phenoxy) is 1. The van der Waals surface area contributed by atoms with Crippen molar-refractivity contribution < 1.29 is 23.6 Å². The largest absolute Gasteiger partial charge is 0.466 e. The quantitative estimate of drug-likeness (QED) is 0.270. The summed E-state index contributed by atoms with van der Waals surface area (Å²) >= 11 is 7.74. The van der Waals surface area contributed by atoms with Gasteiger partial charge in [-0.25, -0.2) is 14.2 Å². The fraction of sp³-hybridized carbons (Fsp3) is 0.545. The molecule has 1 amide bonds. The third-order valence-electron chi connectivity index (χ3n) is 6.39. The predicted molar refractivity (Wildman–Crippen MR) is 125 cm³/mol. The zero-order valence-electron chi connectivity index (χ0n) is 18.6. The van der Waals surface area contributed by atoms with Crippen LogP contribution in [0.3, 0.4) is 0 Å². The maximum Gasteiger partial charge on any atom is 0.353 e. The number of amidine groups is 1. The molecule has 1 saturated carbocycles. The van der Waals surface area contributed by atoms with Crippen LogP contribution in [-0.4, -0.2) is 65.3 Å². The number of hydrogen-bond donors (Lipinski definition) is 0. The van der Waals surface area contributed by atoms with E-state index in [1.54, 1.807) is 10.0 Å². The molecule has 2 fully saturated rings. The van der Waals surface area contributed by atoms with Gasteiger partial charge in [-0.2, -0.15) is 0 Å². The summed E-state index contributed by atoms with van der Waals surface area (Å²) in [5.74, 6) is -1.39. The number of thioether (sulfide) groups is 1. The summed E-state index contributed by atoms with van der Waals surface area (Å²) in [7, 11) is 1.32. The fourth-order valence-corrected chi connectivity index (χ4v) is 5.58. The highest BCUT2D eigenvalue weighted by Gasteiger charge is 2.59. The second-order valence-corrected chi connectivity index (χ2v) is 9.41. The lowest BCUT2D eigenvalue weighted by molar-refractivity contribution is -0.168. The van der Waals surface area contributed by atoms with Gasteiger partial charge in [-0.15, -0.1) is 0 Å². The molecule has 8 nitrogen and oxygen atoms in total. The van der Waals surface area contributed by atoms with E-state index in [1.165, 1.54) is 31.0 Å². The van der Waals surface area contributed by atoms with Crippen LogP contribution < -0.4 is 0 Å². The molecule has 2 unspecified atom stereocenters. The molecular weight excluding hydrogens is 471 g/mol. The van der Waals surface area contributed by atoms with Gasteiger partial charge in [0.1, 0.15) is 11.5 Å². The van der Waals surface area contributed by atoms with Crippen molar-refractivity contribution in [1.29, 1.82) is 0 Å². The van der Waals surface area contributed by atoms with Gasteiger partial charge in [0.05, 0.1) is 23.8 Å². The molecule has 0 spiro atoms. The Hall–Kier alpha value is -2.33. The molecule has 1 aromatic rings. The predicted octanol–water partition coefficient (Wildman–Crippen LogP) is 4.14. The molecule has 0 bridgehead atoms. The lowest BCUT2D eigenvalue weighted by Gasteiger charge is -2.31. The van der Waals surface area contributed by atoms with Crippen molar-refractivity contribution in [2.75, 3.05) is 26.5 Å². The van der Waals surface area contributed by atoms with Gasteiger partial charge in [-0.1, -0.05) is 28.5 Å². The maximum absolute atomic E-state index is 14.9. The molecule has 178 valence electrons. The number of carbonyl (C=O) groups is 2. The molecule has 2 aliphatic heterocycles. The molecule has 1 aliphatic carbocycles. The van der Waals surface area contributed by atoms with Crippen LogP contribution in [0.4, 0.5) is 10.1 Å². The molecule has 0 aromatic heterocycles. The molecule has 4 rings (SSSR count). The average Bonchev–Trinajstić information content (AvgIpc) is 3.30. The van der Waals surface area contributed by atoms with E-state index < -0.39 is 17.4 Å². The van der Waals surface area contributed by atoms with Gasteiger partial charge >= 0.3 is 5.97 Å². The van der Waals surface area contributed by atoms with E-state index in [0.29, 0.717) is 42.4 Å². The molecular formula is C22H26ClFN4O4S. The highest BCUT2D eigenvalue weighted by molar-refractivity contribution is 8.13. The standard InChI is InChI=1S/C22H26ClFN4O4S/c1-31-20(30)22-8-6-7-15(22)19(26-32-22)14-11-18(17(24)12-16(14)23)25-21(33-2)28-10-5-3-4-9-27(28)13-29/h11-13,15H,3-10H2,1-2H3/b25-21-. The minimum Gasteiger partial charge on any atom is -0.466 e. The first-order valence-corrected chi connectivity index (χ1v) is 12.5. The Kier molecular flexibility index (Phi) is 7.13. The lowest BCUT2D eigenvalue weighted by Crippen LogP contribution is -2.44. The van der Waals surface area contributed by atoms with Crippen molar-refractivity contribution in [3.05, 3.63) is 28.5 Å². The van der Waals surface area contributed by atoms with E-state index in [0.717, 1.165) is 32.1 Å². The number of nitrogens with zero attached hydrogens (tertiary/aromatic N) is 4. The number of rotatable bonds is 4. The number of hydrazine groups is 1.